The van der Waals surface area contributed by atoms with E-state index in [1.807, 2.05) is 19.9 Å². The molecule has 0 spiro atoms. The van der Waals surface area contributed by atoms with Crippen molar-refractivity contribution < 1.29 is 22.8 Å². The predicted molar refractivity (Wildman–Crippen MR) is 96.2 cm³/mol. The lowest BCUT2D eigenvalue weighted by atomic mass is 10.1. The summed E-state index contributed by atoms with van der Waals surface area (Å²) in [5.74, 6) is -0.693. The fraction of sp³-hybridized carbons (Fsp3) is 0.300. The quantitative estimate of drug-likeness (QED) is 0.862. The maximum absolute atomic E-state index is 12.6. The first-order chi connectivity index (χ1) is 12.6. The van der Waals surface area contributed by atoms with Gasteiger partial charge in [-0.2, -0.15) is 13.2 Å². The second kappa shape index (κ2) is 8.24. The summed E-state index contributed by atoms with van der Waals surface area (Å²) < 4.78 is 37.7. The topological polar surface area (TPSA) is 49.4 Å². The molecule has 0 atom stereocenters. The zero-order valence-electron chi connectivity index (χ0n) is 15.4. The number of carbonyl (C=O) groups is 2. The summed E-state index contributed by atoms with van der Waals surface area (Å²) >= 11 is 0. The van der Waals surface area contributed by atoms with Gasteiger partial charge in [-0.25, -0.2) is 0 Å². The Bertz CT molecular complexity index is 830. The third-order valence-corrected chi connectivity index (χ3v) is 4.30. The van der Waals surface area contributed by atoms with E-state index in [0.29, 0.717) is 11.1 Å². The van der Waals surface area contributed by atoms with Gasteiger partial charge in [0.05, 0.1) is 12.1 Å². The molecule has 2 aromatic carbocycles. The highest BCUT2D eigenvalue weighted by molar-refractivity contribution is 5.96. The minimum absolute atomic E-state index is 0.149. The second-order valence-electron chi connectivity index (χ2n) is 6.43. The first-order valence-corrected chi connectivity index (χ1v) is 8.33. The Hall–Kier alpha value is -2.83. The van der Waals surface area contributed by atoms with Gasteiger partial charge in [-0.1, -0.05) is 18.2 Å². The van der Waals surface area contributed by atoms with Crippen LogP contribution in [0.1, 0.15) is 32.6 Å². The fourth-order valence-electron chi connectivity index (χ4n) is 2.44. The molecule has 7 heteroatoms. The van der Waals surface area contributed by atoms with Crippen LogP contribution in [0.3, 0.4) is 0 Å². The van der Waals surface area contributed by atoms with Crippen LogP contribution in [0.25, 0.3) is 0 Å². The van der Waals surface area contributed by atoms with E-state index in [4.69, 9.17) is 0 Å². The number of aryl methyl sites for hydroxylation is 2. The van der Waals surface area contributed by atoms with E-state index < -0.39 is 11.7 Å². The van der Waals surface area contributed by atoms with Crippen LogP contribution in [0.15, 0.2) is 42.5 Å². The number of alkyl halides is 3. The zero-order chi connectivity index (χ0) is 20.2. The third kappa shape index (κ3) is 5.57. The maximum atomic E-state index is 12.6. The van der Waals surface area contributed by atoms with Crippen molar-refractivity contribution in [3.63, 3.8) is 0 Å². The Balaban J connectivity index is 1.89. The summed E-state index contributed by atoms with van der Waals surface area (Å²) in [4.78, 5) is 25.6. The lowest BCUT2D eigenvalue weighted by Gasteiger charge is -2.18. The Morgan fingerprint density at radius 3 is 2.19 bits per heavy atom. The minimum atomic E-state index is -4.39. The van der Waals surface area contributed by atoms with Gasteiger partial charge in [0.15, 0.2) is 0 Å². The number of likely N-dealkylation sites (N-methyl/N-ethyl adjacent to an activating group) is 1. The fourth-order valence-corrected chi connectivity index (χ4v) is 2.44. The second-order valence-corrected chi connectivity index (χ2v) is 6.43. The van der Waals surface area contributed by atoms with Crippen molar-refractivity contribution in [2.24, 2.45) is 0 Å². The van der Waals surface area contributed by atoms with Crippen molar-refractivity contribution in [2.75, 3.05) is 13.6 Å². The van der Waals surface area contributed by atoms with Crippen molar-refractivity contribution in [3.05, 3.63) is 70.3 Å². The van der Waals surface area contributed by atoms with Crippen LogP contribution < -0.4 is 5.32 Å². The third-order valence-electron chi connectivity index (χ3n) is 4.30. The van der Waals surface area contributed by atoms with Crippen LogP contribution >= 0.6 is 0 Å². The molecule has 0 saturated heterocycles. The number of carbonyl (C=O) groups excluding carboxylic acids is 2. The van der Waals surface area contributed by atoms with Gasteiger partial charge in [0.25, 0.3) is 5.91 Å². The first-order valence-electron chi connectivity index (χ1n) is 8.33. The molecule has 1 N–H and O–H groups in total. The van der Waals surface area contributed by atoms with Crippen molar-refractivity contribution in [1.82, 2.24) is 10.2 Å². The SMILES string of the molecule is Cc1ccc(C(=O)NCC(=O)N(C)Cc2ccc(C(F)(F)F)cc2)cc1C. The van der Waals surface area contributed by atoms with Crippen LogP contribution in [0.4, 0.5) is 13.2 Å². The lowest BCUT2D eigenvalue weighted by Crippen LogP contribution is -2.37. The summed E-state index contributed by atoms with van der Waals surface area (Å²) in [6, 6.07) is 9.91. The average molecular weight is 378 g/mol. The molecule has 0 aliphatic rings. The summed E-state index contributed by atoms with van der Waals surface area (Å²) in [5.41, 5.74) is 2.35. The molecule has 0 radical (unpaired) electrons. The van der Waals surface area contributed by atoms with Crippen LogP contribution in [0, 0.1) is 13.8 Å². The van der Waals surface area contributed by atoms with Gasteiger partial charge in [0.1, 0.15) is 0 Å². The normalized spacial score (nSPS) is 11.2. The Morgan fingerprint density at radius 1 is 1.00 bits per heavy atom. The van der Waals surface area contributed by atoms with Crippen LogP contribution in [0.5, 0.6) is 0 Å². The van der Waals surface area contributed by atoms with Crippen LogP contribution in [-0.4, -0.2) is 30.3 Å². The van der Waals surface area contributed by atoms with Crippen molar-refractivity contribution >= 4 is 11.8 Å². The Morgan fingerprint density at radius 2 is 1.63 bits per heavy atom. The van der Waals surface area contributed by atoms with Gasteiger partial charge in [-0.05, 0) is 54.8 Å². The monoisotopic (exact) mass is 378 g/mol. The van der Waals surface area contributed by atoms with Gasteiger partial charge >= 0.3 is 6.18 Å². The molecule has 2 aromatic rings. The Labute approximate surface area is 156 Å². The lowest BCUT2D eigenvalue weighted by molar-refractivity contribution is -0.137. The van der Waals surface area contributed by atoms with E-state index in [2.05, 4.69) is 5.32 Å². The summed E-state index contributed by atoms with van der Waals surface area (Å²) in [6.45, 7) is 3.80. The number of hydrogen-bond donors (Lipinski definition) is 1. The van der Waals surface area contributed by atoms with Crippen molar-refractivity contribution in [2.45, 2.75) is 26.6 Å². The number of nitrogens with zero attached hydrogens (tertiary/aromatic N) is 1. The van der Waals surface area contributed by atoms with Gasteiger partial charge in [0.2, 0.25) is 5.91 Å². The van der Waals surface area contributed by atoms with E-state index in [-0.39, 0.29) is 24.9 Å². The summed E-state index contributed by atoms with van der Waals surface area (Å²) in [5, 5.41) is 2.56. The molecular weight excluding hydrogens is 357 g/mol. The summed E-state index contributed by atoms with van der Waals surface area (Å²) in [6.07, 6.45) is -4.39. The molecule has 2 rings (SSSR count). The van der Waals surface area contributed by atoms with Gasteiger partial charge < -0.3 is 10.2 Å². The number of benzene rings is 2. The molecule has 0 aromatic heterocycles. The molecule has 4 nitrogen and oxygen atoms in total. The molecule has 27 heavy (non-hydrogen) atoms. The average Bonchev–Trinajstić information content (AvgIpc) is 2.61. The molecule has 0 bridgehead atoms. The van der Waals surface area contributed by atoms with Crippen LogP contribution in [-0.2, 0) is 17.5 Å². The molecule has 0 heterocycles. The molecule has 0 aliphatic heterocycles. The van der Waals surface area contributed by atoms with Crippen molar-refractivity contribution in [1.29, 1.82) is 0 Å². The number of nitrogens with one attached hydrogen (secondary N) is 1. The number of rotatable bonds is 5. The highest BCUT2D eigenvalue weighted by Crippen LogP contribution is 2.29. The van der Waals surface area contributed by atoms with Gasteiger partial charge in [-0.15, -0.1) is 0 Å². The maximum Gasteiger partial charge on any atom is 0.416 e. The molecule has 0 aliphatic carbocycles. The number of halogens is 3. The molecular formula is C20H21F3N2O2. The zero-order valence-corrected chi connectivity index (χ0v) is 15.4. The smallest absolute Gasteiger partial charge is 0.343 e. The highest BCUT2D eigenvalue weighted by Gasteiger charge is 2.30. The standard InChI is InChI=1S/C20H21F3N2O2/c1-13-4-7-16(10-14(13)2)19(27)24-11-18(26)25(3)12-15-5-8-17(9-6-15)20(21,22)23/h4-10H,11-12H2,1-3H3,(H,24,27). The largest absolute Gasteiger partial charge is 0.416 e. The van der Waals surface area contributed by atoms with E-state index in [9.17, 15) is 22.8 Å². The Kier molecular flexibility index (Phi) is 6.25. The van der Waals surface area contributed by atoms with E-state index in [1.165, 1.54) is 24.1 Å². The molecule has 0 fully saturated rings. The first kappa shape index (κ1) is 20.5. The molecule has 144 valence electrons. The van der Waals surface area contributed by atoms with Gasteiger partial charge in [-0.3, -0.25) is 9.59 Å². The van der Waals surface area contributed by atoms with E-state index >= 15 is 0 Å². The van der Waals surface area contributed by atoms with Crippen molar-refractivity contribution in [3.8, 4) is 0 Å². The van der Waals surface area contributed by atoms with Gasteiger partial charge in [0, 0.05) is 19.2 Å². The number of hydrogen-bond acceptors (Lipinski definition) is 2. The minimum Gasteiger partial charge on any atom is -0.343 e. The molecule has 0 saturated carbocycles. The van der Waals surface area contributed by atoms with Crippen LogP contribution in [0.2, 0.25) is 0 Å². The summed E-state index contributed by atoms with van der Waals surface area (Å²) in [7, 11) is 1.53. The number of amides is 2. The van der Waals surface area contributed by atoms with E-state index in [0.717, 1.165) is 23.3 Å². The highest BCUT2D eigenvalue weighted by atomic mass is 19.4. The molecule has 0 unspecified atom stereocenters. The molecule has 2 amide bonds. The predicted octanol–water partition coefficient (Wildman–Crippen LogP) is 3.71. The van der Waals surface area contributed by atoms with E-state index in [1.54, 1.807) is 12.1 Å².